The highest BCUT2D eigenvalue weighted by Gasteiger charge is 1.78. The van der Waals surface area contributed by atoms with Crippen LogP contribution in [0.3, 0.4) is 0 Å². The van der Waals surface area contributed by atoms with Gasteiger partial charge in [-0.2, -0.15) is 0 Å². The molecule has 0 fully saturated rings. The maximum atomic E-state index is 2.18. The summed E-state index contributed by atoms with van der Waals surface area (Å²) in [6.45, 7) is 3.21. The molecule has 0 aliphatic carbocycles. The van der Waals surface area contributed by atoms with Crippen LogP contribution in [0.15, 0.2) is 12.2 Å². The quantitative estimate of drug-likeness (QED) is 0.555. The van der Waals surface area contributed by atoms with Crippen LogP contribution < -0.4 is 0 Å². The molecule has 0 aromatic carbocycles. The Balaban J connectivity index is 0. The molecule has 0 saturated carbocycles. The SMILES string of the molecule is CC/C=C/CN(C)C.Cl. The third-order valence-electron chi connectivity index (χ3n) is 0.873. The molecule has 0 saturated heterocycles. The summed E-state index contributed by atoms with van der Waals surface area (Å²) in [7, 11) is 4.14. The topological polar surface area (TPSA) is 3.24 Å². The zero-order valence-electron chi connectivity index (χ0n) is 6.42. The second-order valence-electron chi connectivity index (χ2n) is 2.14. The van der Waals surface area contributed by atoms with Crippen molar-refractivity contribution in [3.63, 3.8) is 0 Å². The molecule has 0 rings (SSSR count). The van der Waals surface area contributed by atoms with Gasteiger partial charge in [0.1, 0.15) is 0 Å². The third-order valence-corrected chi connectivity index (χ3v) is 0.873. The standard InChI is InChI=1S/C7H15N.ClH/c1-4-5-6-7-8(2)3;/h5-6H,4,7H2,1-3H3;1H/b6-5+;. The zero-order chi connectivity index (χ0) is 6.41. The Hall–Kier alpha value is -0.0100. The predicted molar refractivity (Wildman–Crippen MR) is 45.2 cm³/mol. The molecule has 0 aliphatic heterocycles. The first kappa shape index (κ1) is 11.7. The molecule has 0 spiro atoms. The first-order valence-electron chi connectivity index (χ1n) is 3.07. The second kappa shape index (κ2) is 7.99. The van der Waals surface area contributed by atoms with Gasteiger partial charge in [0, 0.05) is 6.54 Å². The van der Waals surface area contributed by atoms with E-state index in [0.29, 0.717) is 0 Å². The fourth-order valence-electron chi connectivity index (χ4n) is 0.452. The Labute approximate surface area is 64.2 Å². The van der Waals surface area contributed by atoms with E-state index < -0.39 is 0 Å². The largest absolute Gasteiger partial charge is 0.306 e. The average Bonchev–Trinajstić information content (AvgIpc) is 1.66. The molecule has 1 nitrogen and oxygen atoms in total. The highest BCUT2D eigenvalue weighted by molar-refractivity contribution is 5.85. The van der Waals surface area contributed by atoms with E-state index >= 15 is 0 Å². The molecule has 56 valence electrons. The first-order valence-corrected chi connectivity index (χ1v) is 3.07. The van der Waals surface area contributed by atoms with E-state index in [9.17, 15) is 0 Å². The van der Waals surface area contributed by atoms with E-state index in [1.54, 1.807) is 0 Å². The molecule has 0 aromatic heterocycles. The third kappa shape index (κ3) is 11.5. The van der Waals surface area contributed by atoms with E-state index in [0.717, 1.165) is 13.0 Å². The van der Waals surface area contributed by atoms with Crippen LogP contribution in [0, 0.1) is 0 Å². The average molecular weight is 150 g/mol. The monoisotopic (exact) mass is 149 g/mol. The number of likely N-dealkylation sites (N-methyl/N-ethyl adjacent to an activating group) is 1. The lowest BCUT2D eigenvalue weighted by molar-refractivity contribution is 0.456. The maximum absolute atomic E-state index is 2.18. The Morgan fingerprint density at radius 3 is 2.11 bits per heavy atom. The van der Waals surface area contributed by atoms with Gasteiger partial charge in [0.25, 0.3) is 0 Å². The molecule has 9 heavy (non-hydrogen) atoms. The highest BCUT2D eigenvalue weighted by atomic mass is 35.5. The summed E-state index contributed by atoms with van der Waals surface area (Å²) >= 11 is 0. The van der Waals surface area contributed by atoms with Gasteiger partial charge >= 0.3 is 0 Å². The lowest BCUT2D eigenvalue weighted by Crippen LogP contribution is -2.10. The summed E-state index contributed by atoms with van der Waals surface area (Å²) in [5.41, 5.74) is 0. The second-order valence-corrected chi connectivity index (χ2v) is 2.14. The maximum Gasteiger partial charge on any atom is 0.0157 e. The van der Waals surface area contributed by atoms with E-state index in [1.807, 2.05) is 0 Å². The van der Waals surface area contributed by atoms with E-state index in [2.05, 4.69) is 38.1 Å². The number of rotatable bonds is 3. The van der Waals surface area contributed by atoms with E-state index in [-0.39, 0.29) is 12.4 Å². The van der Waals surface area contributed by atoms with Crippen LogP contribution >= 0.6 is 12.4 Å². The van der Waals surface area contributed by atoms with Crippen LogP contribution in [0.1, 0.15) is 13.3 Å². The minimum Gasteiger partial charge on any atom is -0.306 e. The fourth-order valence-corrected chi connectivity index (χ4v) is 0.452. The number of hydrogen-bond donors (Lipinski definition) is 0. The van der Waals surface area contributed by atoms with E-state index in [1.165, 1.54) is 0 Å². The van der Waals surface area contributed by atoms with Crippen LogP contribution in [-0.4, -0.2) is 25.5 Å². The van der Waals surface area contributed by atoms with Gasteiger partial charge in [-0.25, -0.2) is 0 Å². The molecule has 0 atom stereocenters. The lowest BCUT2D eigenvalue weighted by Gasteiger charge is -2.02. The molecular weight excluding hydrogens is 134 g/mol. The molecule has 0 heterocycles. The molecule has 0 unspecified atom stereocenters. The zero-order valence-corrected chi connectivity index (χ0v) is 7.24. The van der Waals surface area contributed by atoms with Crippen molar-refractivity contribution in [2.45, 2.75) is 13.3 Å². The van der Waals surface area contributed by atoms with Gasteiger partial charge in [-0.05, 0) is 20.5 Å². The van der Waals surface area contributed by atoms with Crippen molar-refractivity contribution in [2.75, 3.05) is 20.6 Å². The molecule has 0 aliphatic rings. The molecular formula is C7H16ClN. The first-order chi connectivity index (χ1) is 3.77. The summed E-state index contributed by atoms with van der Waals surface area (Å²) in [5.74, 6) is 0. The fraction of sp³-hybridized carbons (Fsp3) is 0.714. The van der Waals surface area contributed by atoms with Crippen molar-refractivity contribution in [1.82, 2.24) is 4.90 Å². The summed E-state index contributed by atoms with van der Waals surface area (Å²) in [6.07, 6.45) is 5.51. The van der Waals surface area contributed by atoms with Crippen LogP contribution in [0.5, 0.6) is 0 Å². The van der Waals surface area contributed by atoms with Crippen molar-refractivity contribution < 1.29 is 0 Å². The van der Waals surface area contributed by atoms with Crippen molar-refractivity contribution >= 4 is 12.4 Å². The summed E-state index contributed by atoms with van der Waals surface area (Å²) in [4.78, 5) is 2.14. The molecule has 0 amide bonds. The summed E-state index contributed by atoms with van der Waals surface area (Å²) in [6, 6.07) is 0. The van der Waals surface area contributed by atoms with Gasteiger partial charge in [-0.15, -0.1) is 12.4 Å². The smallest absolute Gasteiger partial charge is 0.0157 e. The van der Waals surface area contributed by atoms with Crippen molar-refractivity contribution in [3.8, 4) is 0 Å². The van der Waals surface area contributed by atoms with Crippen LogP contribution in [0.4, 0.5) is 0 Å². The van der Waals surface area contributed by atoms with Gasteiger partial charge in [0.05, 0.1) is 0 Å². The molecule has 2 heteroatoms. The summed E-state index contributed by atoms with van der Waals surface area (Å²) in [5, 5.41) is 0. The Bertz CT molecular complexity index is 69.3. The van der Waals surface area contributed by atoms with Gasteiger partial charge in [0.2, 0.25) is 0 Å². The number of allylic oxidation sites excluding steroid dienone is 1. The Kier molecular flexibility index (Phi) is 10.4. The van der Waals surface area contributed by atoms with Gasteiger partial charge in [-0.1, -0.05) is 19.1 Å². The Morgan fingerprint density at radius 2 is 1.78 bits per heavy atom. The van der Waals surface area contributed by atoms with Crippen LogP contribution in [0.2, 0.25) is 0 Å². The number of hydrogen-bond acceptors (Lipinski definition) is 1. The number of halogens is 1. The minimum absolute atomic E-state index is 0. The lowest BCUT2D eigenvalue weighted by atomic mass is 10.4. The molecule has 0 aromatic rings. The number of nitrogens with zero attached hydrogens (tertiary/aromatic N) is 1. The molecule has 0 radical (unpaired) electrons. The minimum atomic E-state index is 0. The van der Waals surface area contributed by atoms with Crippen LogP contribution in [0.25, 0.3) is 0 Å². The van der Waals surface area contributed by atoms with Gasteiger partial charge in [0.15, 0.2) is 0 Å². The van der Waals surface area contributed by atoms with Crippen molar-refractivity contribution in [2.24, 2.45) is 0 Å². The van der Waals surface area contributed by atoms with Gasteiger partial charge < -0.3 is 4.90 Å². The molecule has 0 N–H and O–H groups in total. The molecule has 0 bridgehead atoms. The van der Waals surface area contributed by atoms with Crippen molar-refractivity contribution in [3.05, 3.63) is 12.2 Å². The summed E-state index contributed by atoms with van der Waals surface area (Å²) < 4.78 is 0. The van der Waals surface area contributed by atoms with Gasteiger partial charge in [-0.3, -0.25) is 0 Å². The van der Waals surface area contributed by atoms with E-state index in [4.69, 9.17) is 0 Å². The Morgan fingerprint density at radius 1 is 1.22 bits per heavy atom. The normalized spacial score (nSPS) is 10.2. The predicted octanol–water partition coefficient (Wildman–Crippen LogP) is 1.94. The highest BCUT2D eigenvalue weighted by Crippen LogP contribution is 1.80. The van der Waals surface area contributed by atoms with Crippen molar-refractivity contribution in [1.29, 1.82) is 0 Å². The van der Waals surface area contributed by atoms with Crippen LogP contribution in [-0.2, 0) is 0 Å².